The molecule has 218 valence electrons. The van der Waals surface area contributed by atoms with Crippen LogP contribution in [0.15, 0.2) is 97.1 Å². The number of ether oxygens (including phenoxy) is 2. The Bertz CT molecular complexity index is 1380. The Morgan fingerprint density at radius 3 is 1.29 bits per heavy atom. The normalized spacial score (nSPS) is 10.7. The first-order chi connectivity index (χ1) is 20.3. The SMILES string of the molecule is O=C(COc1ccc(Cl)cc1Cl)N(CCN(Cc1ccccc1)C(=O)COc1ccc(Cl)cc1Cl)Cc1ccccc1. The first-order valence-corrected chi connectivity index (χ1v) is 14.6. The van der Waals surface area contributed by atoms with Crippen molar-refractivity contribution in [2.75, 3.05) is 26.3 Å². The average molecular weight is 646 g/mol. The summed E-state index contributed by atoms with van der Waals surface area (Å²) >= 11 is 24.4. The quantitative estimate of drug-likeness (QED) is 0.149. The van der Waals surface area contributed by atoms with E-state index >= 15 is 0 Å². The topological polar surface area (TPSA) is 59.1 Å². The second kappa shape index (κ2) is 15.7. The summed E-state index contributed by atoms with van der Waals surface area (Å²) in [5.74, 6) is 0.184. The number of hydrogen-bond donors (Lipinski definition) is 0. The van der Waals surface area contributed by atoms with Crippen LogP contribution in [0.1, 0.15) is 11.1 Å². The van der Waals surface area contributed by atoms with Crippen LogP contribution < -0.4 is 9.47 Å². The molecular weight excluding hydrogens is 618 g/mol. The largest absolute Gasteiger partial charge is 0.482 e. The summed E-state index contributed by atoms with van der Waals surface area (Å²) in [5.41, 5.74) is 1.88. The van der Waals surface area contributed by atoms with Crippen LogP contribution in [0, 0.1) is 0 Å². The van der Waals surface area contributed by atoms with E-state index in [-0.39, 0.29) is 38.1 Å². The number of hydrogen-bond acceptors (Lipinski definition) is 4. The maximum atomic E-state index is 13.4. The molecule has 0 spiro atoms. The molecule has 0 aromatic heterocycles. The van der Waals surface area contributed by atoms with Crippen LogP contribution in [0.2, 0.25) is 20.1 Å². The van der Waals surface area contributed by atoms with E-state index in [0.29, 0.717) is 44.7 Å². The van der Waals surface area contributed by atoms with E-state index in [4.69, 9.17) is 55.9 Å². The van der Waals surface area contributed by atoms with Crippen molar-refractivity contribution in [3.63, 3.8) is 0 Å². The molecule has 6 nitrogen and oxygen atoms in total. The summed E-state index contributed by atoms with van der Waals surface area (Å²) in [6.07, 6.45) is 0. The monoisotopic (exact) mass is 644 g/mol. The number of amides is 2. The van der Waals surface area contributed by atoms with Crippen molar-refractivity contribution in [1.82, 2.24) is 9.80 Å². The van der Waals surface area contributed by atoms with Crippen LogP contribution in [-0.4, -0.2) is 47.9 Å². The molecule has 2 amide bonds. The van der Waals surface area contributed by atoms with E-state index in [0.717, 1.165) is 11.1 Å². The van der Waals surface area contributed by atoms with Crippen molar-refractivity contribution < 1.29 is 19.1 Å². The Morgan fingerprint density at radius 2 is 0.929 bits per heavy atom. The molecule has 0 aliphatic heterocycles. The lowest BCUT2D eigenvalue weighted by Gasteiger charge is -2.28. The van der Waals surface area contributed by atoms with Gasteiger partial charge in [0.05, 0.1) is 10.0 Å². The molecule has 0 fully saturated rings. The molecule has 42 heavy (non-hydrogen) atoms. The maximum absolute atomic E-state index is 13.4. The Balaban J connectivity index is 1.47. The van der Waals surface area contributed by atoms with Crippen molar-refractivity contribution in [3.05, 3.63) is 128 Å². The summed E-state index contributed by atoms with van der Waals surface area (Å²) in [6.45, 7) is 0.707. The van der Waals surface area contributed by atoms with E-state index in [1.54, 1.807) is 46.2 Å². The van der Waals surface area contributed by atoms with Gasteiger partial charge in [0.2, 0.25) is 0 Å². The van der Waals surface area contributed by atoms with Crippen molar-refractivity contribution >= 4 is 58.2 Å². The minimum absolute atomic E-state index is 0.237. The highest BCUT2D eigenvalue weighted by Gasteiger charge is 2.21. The molecule has 0 aliphatic carbocycles. The molecule has 0 aliphatic rings. The van der Waals surface area contributed by atoms with Crippen LogP contribution in [0.5, 0.6) is 11.5 Å². The zero-order valence-electron chi connectivity index (χ0n) is 22.5. The minimum Gasteiger partial charge on any atom is -0.482 e. The molecular formula is C32H28Cl4N2O4. The Kier molecular flexibility index (Phi) is 11.8. The van der Waals surface area contributed by atoms with Gasteiger partial charge in [-0.3, -0.25) is 9.59 Å². The smallest absolute Gasteiger partial charge is 0.260 e. The van der Waals surface area contributed by atoms with Gasteiger partial charge in [0.1, 0.15) is 11.5 Å². The van der Waals surface area contributed by atoms with Gasteiger partial charge < -0.3 is 19.3 Å². The van der Waals surface area contributed by atoms with Gasteiger partial charge >= 0.3 is 0 Å². The van der Waals surface area contributed by atoms with Crippen molar-refractivity contribution in [1.29, 1.82) is 0 Å². The Morgan fingerprint density at radius 1 is 0.548 bits per heavy atom. The van der Waals surface area contributed by atoms with Crippen LogP contribution in [0.4, 0.5) is 0 Å². The molecule has 0 N–H and O–H groups in total. The van der Waals surface area contributed by atoms with Gasteiger partial charge in [0.25, 0.3) is 11.8 Å². The van der Waals surface area contributed by atoms with Gasteiger partial charge in [0.15, 0.2) is 13.2 Å². The third kappa shape index (κ3) is 9.57. The Labute approximate surface area is 265 Å². The second-order valence-corrected chi connectivity index (χ2v) is 11.0. The lowest BCUT2D eigenvalue weighted by molar-refractivity contribution is -0.138. The summed E-state index contributed by atoms with van der Waals surface area (Å²) in [5, 5.41) is 1.56. The van der Waals surface area contributed by atoms with Gasteiger partial charge in [-0.15, -0.1) is 0 Å². The fraction of sp³-hybridized carbons (Fsp3) is 0.188. The standard InChI is InChI=1S/C32H28Cl4N2O4/c33-25-11-13-29(27(35)17-25)41-21-31(39)37(19-23-7-3-1-4-8-23)15-16-38(20-24-9-5-2-6-10-24)32(40)22-42-30-14-12-26(34)18-28(30)36/h1-14,17-18H,15-16,19-22H2. The van der Waals surface area contributed by atoms with E-state index in [2.05, 4.69) is 0 Å². The average Bonchev–Trinajstić information content (AvgIpc) is 2.98. The third-order valence-electron chi connectivity index (χ3n) is 6.27. The first-order valence-electron chi connectivity index (χ1n) is 13.1. The molecule has 0 radical (unpaired) electrons. The third-order valence-corrected chi connectivity index (χ3v) is 7.33. The fourth-order valence-electron chi connectivity index (χ4n) is 4.08. The maximum Gasteiger partial charge on any atom is 0.260 e. The Hall–Kier alpha value is -3.42. The number of carbonyl (C=O) groups excluding carboxylic acids is 2. The number of rotatable bonds is 13. The van der Waals surface area contributed by atoms with Crippen LogP contribution in [-0.2, 0) is 22.7 Å². The van der Waals surface area contributed by atoms with Gasteiger partial charge in [-0.2, -0.15) is 0 Å². The summed E-state index contributed by atoms with van der Waals surface area (Å²) in [7, 11) is 0. The fourth-order valence-corrected chi connectivity index (χ4v) is 5.01. The zero-order valence-corrected chi connectivity index (χ0v) is 25.5. The predicted octanol–water partition coefficient (Wildman–Crippen LogP) is 7.82. The van der Waals surface area contributed by atoms with E-state index in [1.165, 1.54) is 0 Å². The molecule has 0 bridgehead atoms. The molecule has 0 heterocycles. The number of halogens is 4. The van der Waals surface area contributed by atoms with Crippen LogP contribution >= 0.6 is 46.4 Å². The molecule has 4 rings (SSSR count). The highest BCUT2D eigenvalue weighted by Crippen LogP contribution is 2.28. The molecule has 0 atom stereocenters. The summed E-state index contributed by atoms with van der Waals surface area (Å²) in [6, 6.07) is 28.8. The van der Waals surface area contributed by atoms with E-state index < -0.39 is 0 Å². The van der Waals surface area contributed by atoms with Crippen molar-refractivity contribution in [2.45, 2.75) is 13.1 Å². The molecule has 4 aromatic rings. The molecule has 0 saturated carbocycles. The molecule has 4 aromatic carbocycles. The highest BCUT2D eigenvalue weighted by atomic mass is 35.5. The minimum atomic E-state index is -0.263. The predicted molar refractivity (Wildman–Crippen MR) is 168 cm³/mol. The van der Waals surface area contributed by atoms with Crippen LogP contribution in [0.3, 0.4) is 0 Å². The number of benzene rings is 4. The van der Waals surface area contributed by atoms with E-state index in [1.807, 2.05) is 60.7 Å². The van der Waals surface area contributed by atoms with Gasteiger partial charge in [0, 0.05) is 36.2 Å². The lowest BCUT2D eigenvalue weighted by Crippen LogP contribution is -2.43. The summed E-state index contributed by atoms with van der Waals surface area (Å²) in [4.78, 5) is 30.1. The van der Waals surface area contributed by atoms with Gasteiger partial charge in [-0.25, -0.2) is 0 Å². The second-order valence-electron chi connectivity index (χ2n) is 9.33. The lowest BCUT2D eigenvalue weighted by atomic mass is 10.2. The van der Waals surface area contributed by atoms with Crippen molar-refractivity contribution in [3.8, 4) is 11.5 Å². The zero-order chi connectivity index (χ0) is 29.9. The van der Waals surface area contributed by atoms with E-state index in [9.17, 15) is 9.59 Å². The number of nitrogens with zero attached hydrogens (tertiary/aromatic N) is 2. The van der Waals surface area contributed by atoms with Gasteiger partial charge in [-0.05, 0) is 47.5 Å². The van der Waals surface area contributed by atoms with Gasteiger partial charge in [-0.1, -0.05) is 107 Å². The first kappa shape index (κ1) is 31.5. The van der Waals surface area contributed by atoms with Crippen molar-refractivity contribution in [2.24, 2.45) is 0 Å². The van der Waals surface area contributed by atoms with Crippen LogP contribution in [0.25, 0.3) is 0 Å². The molecule has 0 saturated heterocycles. The molecule has 10 heteroatoms. The highest BCUT2D eigenvalue weighted by molar-refractivity contribution is 6.36. The molecule has 0 unspecified atom stereocenters. The summed E-state index contributed by atoms with van der Waals surface area (Å²) < 4.78 is 11.5. The number of carbonyl (C=O) groups is 2.